The first-order valence-electron chi connectivity index (χ1n) is 3.52. The lowest BCUT2D eigenvalue weighted by atomic mass is 10.0. The Kier molecular flexibility index (Phi) is 0.787. The first-order chi connectivity index (χ1) is 3.86. The molecule has 0 heterocycles. The largest absolute Gasteiger partial charge is 0.0853 e. The van der Waals surface area contributed by atoms with Crippen molar-refractivity contribution in [2.45, 2.75) is 26.2 Å². The third kappa shape index (κ3) is 0.594. The minimum atomic E-state index is 0. The van der Waals surface area contributed by atoms with Gasteiger partial charge in [0.1, 0.15) is 0 Å². The van der Waals surface area contributed by atoms with Gasteiger partial charge in [-0.05, 0) is 38.0 Å². The predicted octanol–water partition coefficient (Wildman–Crippen LogP) is 2.61. The number of allylic oxidation sites excluding steroid dienone is 2. The van der Waals surface area contributed by atoms with E-state index in [1.807, 2.05) is 0 Å². The van der Waals surface area contributed by atoms with Gasteiger partial charge in [-0.3, -0.25) is 0 Å². The molecule has 0 aromatic carbocycles. The van der Waals surface area contributed by atoms with Gasteiger partial charge in [-0.2, -0.15) is 0 Å². The van der Waals surface area contributed by atoms with Crippen molar-refractivity contribution in [3.63, 3.8) is 0 Å². The van der Waals surface area contributed by atoms with Crippen molar-refractivity contribution >= 4 is 0 Å². The lowest BCUT2D eigenvalue weighted by molar-refractivity contribution is 0.663. The van der Waals surface area contributed by atoms with Crippen LogP contribution >= 0.6 is 0 Å². The Bertz CT molecular complexity index is 138. The van der Waals surface area contributed by atoms with Crippen LogP contribution in [0.4, 0.5) is 0 Å². The summed E-state index contributed by atoms with van der Waals surface area (Å²) in [6.07, 6.45) is 6.73. The predicted molar refractivity (Wildman–Crippen MR) is 36.7 cm³/mol. The highest BCUT2D eigenvalue weighted by Gasteiger charge is 2.37. The molecule has 8 heavy (non-hydrogen) atoms. The number of rotatable bonds is 0. The third-order valence-corrected chi connectivity index (χ3v) is 2.42. The highest BCUT2D eigenvalue weighted by molar-refractivity contribution is 5.11. The fraction of sp³-hybridized carbons (Fsp3) is 0.750. The summed E-state index contributed by atoms with van der Waals surface area (Å²) in [7, 11) is 0. The SMILES string of the molecule is CC1=CCC2CC2C1.[HH]. The van der Waals surface area contributed by atoms with E-state index >= 15 is 0 Å². The van der Waals surface area contributed by atoms with E-state index in [0.717, 1.165) is 11.8 Å². The standard InChI is InChI=1S/C8H12.H2/c1-6-2-3-7-5-8(7)4-6;/h2,7-8H,3-5H2,1H3;1H. The van der Waals surface area contributed by atoms with E-state index < -0.39 is 0 Å². The zero-order valence-corrected chi connectivity index (χ0v) is 5.35. The number of hydrogen-bond acceptors (Lipinski definition) is 0. The Morgan fingerprint density at radius 3 is 3.12 bits per heavy atom. The van der Waals surface area contributed by atoms with Gasteiger partial charge >= 0.3 is 0 Å². The molecule has 0 spiro atoms. The summed E-state index contributed by atoms with van der Waals surface area (Å²) >= 11 is 0. The molecule has 2 atom stereocenters. The lowest BCUT2D eigenvalue weighted by Gasteiger charge is -2.04. The van der Waals surface area contributed by atoms with Crippen molar-refractivity contribution in [2.24, 2.45) is 11.8 Å². The van der Waals surface area contributed by atoms with Crippen LogP contribution in [0.5, 0.6) is 0 Å². The van der Waals surface area contributed by atoms with Crippen LogP contribution in [0.3, 0.4) is 0 Å². The molecule has 2 aliphatic carbocycles. The number of fused-ring (bicyclic) bond motifs is 1. The molecule has 0 aromatic rings. The molecule has 0 nitrogen and oxygen atoms in total. The van der Waals surface area contributed by atoms with Crippen molar-refractivity contribution in [3.05, 3.63) is 11.6 Å². The molecule has 0 heteroatoms. The molecule has 0 N–H and O–H groups in total. The summed E-state index contributed by atoms with van der Waals surface area (Å²) in [5.41, 5.74) is 1.63. The Morgan fingerprint density at radius 2 is 2.50 bits per heavy atom. The van der Waals surface area contributed by atoms with Gasteiger partial charge in [0.2, 0.25) is 0 Å². The third-order valence-electron chi connectivity index (χ3n) is 2.42. The Labute approximate surface area is 52.1 Å². The Hall–Kier alpha value is -0.260. The van der Waals surface area contributed by atoms with Crippen LogP contribution in [-0.2, 0) is 0 Å². The van der Waals surface area contributed by atoms with Crippen LogP contribution in [0, 0.1) is 11.8 Å². The quantitative estimate of drug-likeness (QED) is 0.420. The summed E-state index contributed by atoms with van der Waals surface area (Å²) in [6, 6.07) is 0. The van der Waals surface area contributed by atoms with E-state index in [0.29, 0.717) is 0 Å². The molecule has 1 fully saturated rings. The van der Waals surface area contributed by atoms with Crippen molar-refractivity contribution < 1.29 is 1.43 Å². The second-order valence-corrected chi connectivity index (χ2v) is 3.25. The average Bonchev–Trinajstić information content (AvgIpc) is 2.43. The minimum Gasteiger partial charge on any atom is -0.0853 e. The normalized spacial score (nSPS) is 42.9. The van der Waals surface area contributed by atoms with Crippen LogP contribution in [0.25, 0.3) is 0 Å². The molecule has 0 saturated heterocycles. The first kappa shape index (κ1) is 4.60. The highest BCUT2D eigenvalue weighted by atomic mass is 14.4. The van der Waals surface area contributed by atoms with Gasteiger partial charge in [-0.25, -0.2) is 0 Å². The molecule has 2 rings (SSSR count). The highest BCUT2D eigenvalue weighted by Crippen LogP contribution is 2.48. The van der Waals surface area contributed by atoms with Gasteiger partial charge in [0.05, 0.1) is 0 Å². The molecule has 2 aliphatic rings. The fourth-order valence-corrected chi connectivity index (χ4v) is 1.70. The van der Waals surface area contributed by atoms with Crippen molar-refractivity contribution in [2.75, 3.05) is 0 Å². The van der Waals surface area contributed by atoms with E-state index in [-0.39, 0.29) is 1.43 Å². The molecule has 0 bridgehead atoms. The van der Waals surface area contributed by atoms with Crippen LogP contribution in [0.2, 0.25) is 0 Å². The maximum absolute atomic E-state index is 2.41. The van der Waals surface area contributed by atoms with Gasteiger partial charge in [0.15, 0.2) is 0 Å². The second-order valence-electron chi connectivity index (χ2n) is 3.25. The van der Waals surface area contributed by atoms with E-state index in [1.165, 1.54) is 19.3 Å². The van der Waals surface area contributed by atoms with Crippen molar-refractivity contribution in [1.82, 2.24) is 0 Å². The number of hydrogen-bond donors (Lipinski definition) is 0. The molecular weight excluding hydrogens is 96.1 g/mol. The van der Waals surface area contributed by atoms with Crippen LogP contribution < -0.4 is 0 Å². The molecule has 0 aromatic heterocycles. The molecular formula is C8H14. The smallest absolute Gasteiger partial charge is 0 e. The summed E-state index contributed by atoms with van der Waals surface area (Å²) < 4.78 is 0. The van der Waals surface area contributed by atoms with Gasteiger partial charge in [-0.1, -0.05) is 11.6 Å². The molecule has 0 aliphatic heterocycles. The lowest BCUT2D eigenvalue weighted by Crippen LogP contribution is -1.90. The van der Waals surface area contributed by atoms with Gasteiger partial charge in [0.25, 0.3) is 0 Å². The topological polar surface area (TPSA) is 0 Å². The van der Waals surface area contributed by atoms with E-state index in [9.17, 15) is 0 Å². The zero-order chi connectivity index (χ0) is 5.56. The minimum absolute atomic E-state index is 0. The van der Waals surface area contributed by atoms with E-state index in [2.05, 4.69) is 13.0 Å². The van der Waals surface area contributed by atoms with Gasteiger partial charge < -0.3 is 0 Å². The zero-order valence-electron chi connectivity index (χ0n) is 5.35. The van der Waals surface area contributed by atoms with Crippen molar-refractivity contribution in [1.29, 1.82) is 0 Å². The molecule has 0 amide bonds. The van der Waals surface area contributed by atoms with Crippen LogP contribution in [-0.4, -0.2) is 0 Å². The van der Waals surface area contributed by atoms with Crippen LogP contribution in [0.1, 0.15) is 27.6 Å². The summed E-state index contributed by atoms with van der Waals surface area (Å²) in [6.45, 7) is 2.26. The van der Waals surface area contributed by atoms with Gasteiger partial charge in [0, 0.05) is 1.43 Å². The first-order valence-corrected chi connectivity index (χ1v) is 3.52. The van der Waals surface area contributed by atoms with Gasteiger partial charge in [-0.15, -0.1) is 0 Å². The summed E-state index contributed by atoms with van der Waals surface area (Å²) in [5, 5.41) is 0. The Morgan fingerprint density at radius 1 is 1.62 bits per heavy atom. The average molecular weight is 110 g/mol. The monoisotopic (exact) mass is 110 g/mol. The maximum Gasteiger partial charge on any atom is 0 e. The van der Waals surface area contributed by atoms with Crippen molar-refractivity contribution in [3.8, 4) is 0 Å². The molecule has 46 valence electrons. The molecule has 1 saturated carbocycles. The summed E-state index contributed by atoms with van der Waals surface area (Å²) in [4.78, 5) is 0. The van der Waals surface area contributed by atoms with E-state index in [1.54, 1.807) is 5.57 Å². The molecule has 2 unspecified atom stereocenters. The molecule has 0 radical (unpaired) electrons. The second kappa shape index (κ2) is 1.37. The maximum atomic E-state index is 2.41. The summed E-state index contributed by atoms with van der Waals surface area (Å²) in [5.74, 6) is 2.22. The Balaban J connectivity index is 0.000000405. The van der Waals surface area contributed by atoms with Crippen LogP contribution in [0.15, 0.2) is 11.6 Å². The van der Waals surface area contributed by atoms with E-state index in [4.69, 9.17) is 0 Å². The fourth-order valence-electron chi connectivity index (χ4n) is 1.70.